The smallest absolute Gasteiger partial charge is 0.300 e. The van der Waals surface area contributed by atoms with Crippen molar-refractivity contribution in [2.24, 2.45) is 11.7 Å². The fourth-order valence-electron chi connectivity index (χ4n) is 1.33. The van der Waals surface area contributed by atoms with E-state index in [0.717, 1.165) is 39.0 Å². The molecule has 4 heteroatoms. The number of rotatable bonds is 9. The summed E-state index contributed by atoms with van der Waals surface area (Å²) < 4.78 is 5.54. The van der Waals surface area contributed by atoms with Crippen molar-refractivity contribution in [1.82, 2.24) is 0 Å². The first-order chi connectivity index (χ1) is 8.08. The van der Waals surface area contributed by atoms with Gasteiger partial charge in [-0.3, -0.25) is 4.79 Å². The van der Waals surface area contributed by atoms with Gasteiger partial charge >= 0.3 is 0 Å². The summed E-state index contributed by atoms with van der Waals surface area (Å²) in [5, 5.41) is 7.42. The van der Waals surface area contributed by atoms with E-state index in [4.69, 9.17) is 20.4 Å². The highest BCUT2D eigenvalue weighted by Crippen LogP contribution is 2.12. The number of aliphatic carboxylic acids is 1. The number of carbonyl (C=O) groups is 1. The first-order valence-corrected chi connectivity index (χ1v) is 6.55. The Hall–Kier alpha value is -0.610. The van der Waals surface area contributed by atoms with Crippen molar-refractivity contribution in [2.45, 2.75) is 52.9 Å². The molecule has 0 amide bonds. The van der Waals surface area contributed by atoms with Gasteiger partial charge < -0.3 is 15.6 Å². The van der Waals surface area contributed by atoms with E-state index in [0.29, 0.717) is 0 Å². The van der Waals surface area contributed by atoms with Crippen molar-refractivity contribution < 1.29 is 14.6 Å². The van der Waals surface area contributed by atoms with Crippen LogP contribution in [0.15, 0.2) is 0 Å². The third-order valence-corrected chi connectivity index (χ3v) is 2.39. The second-order valence-corrected chi connectivity index (χ2v) is 4.15. The number of hydrogen-bond donors (Lipinski definition) is 2. The molecule has 1 unspecified atom stereocenters. The zero-order chi connectivity index (χ0) is 13.5. The van der Waals surface area contributed by atoms with Gasteiger partial charge in [-0.1, -0.05) is 33.1 Å². The Morgan fingerprint density at radius 2 is 1.94 bits per heavy atom. The lowest BCUT2D eigenvalue weighted by molar-refractivity contribution is -0.134. The molecule has 3 N–H and O–H groups in total. The van der Waals surface area contributed by atoms with Gasteiger partial charge in [0.1, 0.15) is 0 Å². The van der Waals surface area contributed by atoms with Crippen LogP contribution in [0.2, 0.25) is 0 Å². The highest BCUT2D eigenvalue weighted by atomic mass is 16.5. The molecule has 0 aromatic rings. The summed E-state index contributed by atoms with van der Waals surface area (Å²) in [6.45, 7) is 8.07. The zero-order valence-corrected chi connectivity index (χ0v) is 11.6. The molecule has 0 spiro atoms. The second-order valence-electron chi connectivity index (χ2n) is 4.15. The maximum atomic E-state index is 9.00. The Bertz CT molecular complexity index is 159. The number of ether oxygens (including phenoxy) is 1. The summed E-state index contributed by atoms with van der Waals surface area (Å²) in [5.41, 5.74) is 5.38. The van der Waals surface area contributed by atoms with Crippen molar-refractivity contribution in [1.29, 1.82) is 0 Å². The topological polar surface area (TPSA) is 72.5 Å². The lowest BCUT2D eigenvalue weighted by Crippen LogP contribution is -2.11. The standard InChI is InChI=1S/C11H25NO.C2H4O2/c1-3-5-7-11(4-2)10-13-9-6-8-12;1-2(3)4/h11H,3-10,12H2,1-2H3;1H3,(H,3,4). The maximum absolute atomic E-state index is 9.00. The molecule has 0 saturated carbocycles. The van der Waals surface area contributed by atoms with Crippen LogP contribution < -0.4 is 5.73 Å². The van der Waals surface area contributed by atoms with Gasteiger partial charge in [-0.2, -0.15) is 0 Å². The average Bonchev–Trinajstić information content (AvgIpc) is 2.27. The van der Waals surface area contributed by atoms with Gasteiger partial charge in [-0.05, 0) is 25.3 Å². The van der Waals surface area contributed by atoms with E-state index in [1.807, 2.05) is 0 Å². The van der Waals surface area contributed by atoms with Crippen molar-refractivity contribution >= 4 is 5.97 Å². The molecule has 1 atom stereocenters. The molecular weight excluding hydrogens is 218 g/mol. The fourth-order valence-corrected chi connectivity index (χ4v) is 1.33. The first-order valence-electron chi connectivity index (χ1n) is 6.55. The number of carboxylic acids is 1. The van der Waals surface area contributed by atoms with E-state index < -0.39 is 5.97 Å². The lowest BCUT2D eigenvalue weighted by atomic mass is 10.0. The Balaban J connectivity index is 0. The van der Waals surface area contributed by atoms with Crippen molar-refractivity contribution in [2.75, 3.05) is 19.8 Å². The molecule has 0 radical (unpaired) electrons. The summed E-state index contributed by atoms with van der Waals surface area (Å²) in [5.74, 6) is -0.0716. The van der Waals surface area contributed by atoms with Crippen LogP contribution in [0.1, 0.15) is 52.9 Å². The molecule has 4 nitrogen and oxygen atoms in total. The minimum Gasteiger partial charge on any atom is -0.481 e. The van der Waals surface area contributed by atoms with E-state index in [2.05, 4.69) is 13.8 Å². The molecule has 17 heavy (non-hydrogen) atoms. The molecule has 0 saturated heterocycles. The molecule has 0 aromatic carbocycles. The summed E-state index contributed by atoms with van der Waals surface area (Å²) in [4.78, 5) is 9.00. The van der Waals surface area contributed by atoms with Crippen molar-refractivity contribution in [3.05, 3.63) is 0 Å². The Morgan fingerprint density at radius 1 is 1.35 bits per heavy atom. The average molecular weight is 247 g/mol. The van der Waals surface area contributed by atoms with Crippen molar-refractivity contribution in [3.63, 3.8) is 0 Å². The molecule has 0 heterocycles. The van der Waals surface area contributed by atoms with Crippen LogP contribution in [0.5, 0.6) is 0 Å². The Labute approximate surface area is 106 Å². The molecule has 104 valence electrons. The SMILES string of the molecule is CC(=O)O.CCCCC(CC)COCCCN. The maximum Gasteiger partial charge on any atom is 0.300 e. The minimum atomic E-state index is -0.833. The molecule has 0 aliphatic heterocycles. The van der Waals surface area contributed by atoms with Gasteiger partial charge in [0.2, 0.25) is 0 Å². The van der Waals surface area contributed by atoms with Crippen LogP contribution in [0.4, 0.5) is 0 Å². The summed E-state index contributed by atoms with van der Waals surface area (Å²) in [6.07, 6.45) is 6.17. The summed E-state index contributed by atoms with van der Waals surface area (Å²) in [6, 6.07) is 0. The van der Waals surface area contributed by atoms with Gasteiger partial charge in [0, 0.05) is 20.1 Å². The summed E-state index contributed by atoms with van der Waals surface area (Å²) >= 11 is 0. The number of unbranched alkanes of at least 4 members (excludes halogenated alkanes) is 1. The van der Waals surface area contributed by atoms with Crippen LogP contribution in [-0.4, -0.2) is 30.8 Å². The molecule has 0 fully saturated rings. The highest BCUT2D eigenvalue weighted by Gasteiger charge is 2.04. The Morgan fingerprint density at radius 3 is 2.35 bits per heavy atom. The van der Waals surface area contributed by atoms with Gasteiger partial charge in [0.15, 0.2) is 0 Å². The number of nitrogens with two attached hydrogens (primary N) is 1. The highest BCUT2D eigenvalue weighted by molar-refractivity contribution is 5.62. The monoisotopic (exact) mass is 247 g/mol. The predicted molar refractivity (Wildman–Crippen MR) is 71.1 cm³/mol. The first kappa shape index (κ1) is 18.7. The summed E-state index contributed by atoms with van der Waals surface area (Å²) in [7, 11) is 0. The molecule has 0 rings (SSSR count). The fraction of sp³-hybridized carbons (Fsp3) is 0.923. The van der Waals surface area contributed by atoms with Crippen LogP contribution in [-0.2, 0) is 9.53 Å². The van der Waals surface area contributed by atoms with Crippen LogP contribution in [0, 0.1) is 5.92 Å². The molecule has 0 bridgehead atoms. The lowest BCUT2D eigenvalue weighted by Gasteiger charge is -2.14. The van der Waals surface area contributed by atoms with Crippen LogP contribution in [0.3, 0.4) is 0 Å². The normalized spacial score (nSPS) is 11.5. The number of hydrogen-bond acceptors (Lipinski definition) is 3. The van der Waals surface area contributed by atoms with Gasteiger partial charge in [-0.15, -0.1) is 0 Å². The molecule has 0 aliphatic rings. The zero-order valence-electron chi connectivity index (χ0n) is 11.6. The molecule has 0 aromatic heterocycles. The van der Waals surface area contributed by atoms with E-state index in [1.54, 1.807) is 0 Å². The van der Waals surface area contributed by atoms with E-state index in [9.17, 15) is 0 Å². The number of carboxylic acid groups (broad SMARTS) is 1. The molecule has 0 aliphatic carbocycles. The largest absolute Gasteiger partial charge is 0.481 e. The molecular formula is C13H29NO3. The third kappa shape index (κ3) is 21.3. The quantitative estimate of drug-likeness (QED) is 0.614. The van der Waals surface area contributed by atoms with Crippen LogP contribution >= 0.6 is 0 Å². The van der Waals surface area contributed by atoms with E-state index in [-0.39, 0.29) is 0 Å². The second kappa shape index (κ2) is 15.4. The van der Waals surface area contributed by atoms with E-state index in [1.165, 1.54) is 25.7 Å². The Kier molecular flexibility index (Phi) is 17.0. The van der Waals surface area contributed by atoms with Gasteiger partial charge in [-0.25, -0.2) is 0 Å². The van der Waals surface area contributed by atoms with Gasteiger partial charge in [0.25, 0.3) is 5.97 Å². The predicted octanol–water partition coefficient (Wildman–Crippen LogP) is 2.66. The minimum absolute atomic E-state index is 0.742. The van der Waals surface area contributed by atoms with Gasteiger partial charge in [0.05, 0.1) is 0 Å². The van der Waals surface area contributed by atoms with E-state index >= 15 is 0 Å². The third-order valence-electron chi connectivity index (χ3n) is 2.39. The van der Waals surface area contributed by atoms with Crippen molar-refractivity contribution in [3.8, 4) is 0 Å². The van der Waals surface area contributed by atoms with Crippen LogP contribution in [0.25, 0.3) is 0 Å².